The van der Waals surface area contributed by atoms with Crippen molar-refractivity contribution in [2.45, 2.75) is 50.6 Å². The molecular formula is C11H14F3NS. The van der Waals surface area contributed by atoms with Gasteiger partial charge in [0, 0.05) is 11.1 Å². The fraction of sp³-hybridized carbons (Fsp3) is 0.727. The molecule has 0 atom stereocenters. The van der Waals surface area contributed by atoms with Crippen molar-refractivity contribution >= 4 is 11.3 Å². The van der Waals surface area contributed by atoms with Gasteiger partial charge in [-0.1, -0.05) is 19.3 Å². The Hall–Kier alpha value is -0.580. The van der Waals surface area contributed by atoms with Crippen LogP contribution in [0.15, 0.2) is 5.38 Å². The highest BCUT2D eigenvalue weighted by Gasteiger charge is 2.57. The van der Waals surface area contributed by atoms with Crippen molar-refractivity contribution in [3.63, 3.8) is 0 Å². The van der Waals surface area contributed by atoms with Crippen LogP contribution in [0.5, 0.6) is 0 Å². The maximum atomic E-state index is 13.3. The normalized spacial score (nSPS) is 21.0. The van der Waals surface area contributed by atoms with Gasteiger partial charge in [0.05, 0.1) is 0 Å². The zero-order chi connectivity index (χ0) is 11.8. The molecule has 0 unspecified atom stereocenters. The molecule has 0 saturated heterocycles. The second-order valence-corrected chi connectivity index (χ2v) is 5.29. The van der Waals surface area contributed by atoms with Gasteiger partial charge in [-0.2, -0.15) is 13.2 Å². The number of hydrogen-bond donors (Lipinski definition) is 0. The number of aryl methyl sites for hydroxylation is 1. The highest BCUT2D eigenvalue weighted by atomic mass is 32.1. The monoisotopic (exact) mass is 249 g/mol. The molecule has 1 fully saturated rings. The standard InChI is InChI=1S/C11H14F3NS/c1-8-7-16-9(15-8)10(11(12,13)14)5-3-2-4-6-10/h7H,2-6H2,1H3. The number of rotatable bonds is 1. The van der Waals surface area contributed by atoms with Gasteiger partial charge in [-0.05, 0) is 19.8 Å². The minimum Gasteiger partial charge on any atom is -0.246 e. The molecule has 0 bridgehead atoms. The van der Waals surface area contributed by atoms with Crippen LogP contribution in [0.25, 0.3) is 0 Å². The predicted molar refractivity (Wildman–Crippen MR) is 57.7 cm³/mol. The molecule has 0 amide bonds. The van der Waals surface area contributed by atoms with Gasteiger partial charge in [0.2, 0.25) is 0 Å². The molecule has 0 aliphatic heterocycles. The quantitative estimate of drug-likeness (QED) is 0.726. The molecule has 1 aliphatic rings. The topological polar surface area (TPSA) is 12.9 Å². The third kappa shape index (κ3) is 1.85. The molecule has 1 aliphatic carbocycles. The third-order valence-electron chi connectivity index (χ3n) is 3.28. The minimum absolute atomic E-state index is 0.198. The van der Waals surface area contributed by atoms with Crippen molar-refractivity contribution in [1.82, 2.24) is 4.98 Å². The zero-order valence-electron chi connectivity index (χ0n) is 9.10. The van der Waals surface area contributed by atoms with Crippen LogP contribution in [-0.4, -0.2) is 11.2 Å². The summed E-state index contributed by atoms with van der Waals surface area (Å²) in [4.78, 5) is 4.07. The van der Waals surface area contributed by atoms with E-state index >= 15 is 0 Å². The van der Waals surface area contributed by atoms with Gasteiger partial charge in [0.25, 0.3) is 0 Å². The molecule has 0 spiro atoms. The molecule has 5 heteroatoms. The molecule has 16 heavy (non-hydrogen) atoms. The number of nitrogens with zero attached hydrogens (tertiary/aromatic N) is 1. The van der Waals surface area contributed by atoms with Crippen LogP contribution in [0.2, 0.25) is 0 Å². The van der Waals surface area contributed by atoms with Crippen molar-refractivity contribution in [3.05, 3.63) is 16.1 Å². The van der Waals surface area contributed by atoms with Crippen LogP contribution < -0.4 is 0 Å². The Morgan fingerprint density at radius 3 is 2.31 bits per heavy atom. The lowest BCUT2D eigenvalue weighted by Crippen LogP contribution is -2.43. The smallest absolute Gasteiger partial charge is 0.246 e. The lowest BCUT2D eigenvalue weighted by Gasteiger charge is -2.37. The summed E-state index contributed by atoms with van der Waals surface area (Å²) in [6.45, 7) is 1.74. The summed E-state index contributed by atoms with van der Waals surface area (Å²) in [5.74, 6) is 0. The van der Waals surface area contributed by atoms with E-state index in [2.05, 4.69) is 4.98 Å². The zero-order valence-corrected chi connectivity index (χ0v) is 9.92. The van der Waals surface area contributed by atoms with Crippen molar-refractivity contribution < 1.29 is 13.2 Å². The first kappa shape index (κ1) is 11.9. The van der Waals surface area contributed by atoms with Crippen LogP contribution in [0.1, 0.15) is 42.8 Å². The summed E-state index contributed by atoms with van der Waals surface area (Å²) in [6, 6.07) is 0. The average Bonchev–Trinajstić information content (AvgIpc) is 2.65. The lowest BCUT2D eigenvalue weighted by molar-refractivity contribution is -0.199. The van der Waals surface area contributed by atoms with Crippen LogP contribution in [0.3, 0.4) is 0 Å². The average molecular weight is 249 g/mol. The fourth-order valence-electron chi connectivity index (χ4n) is 2.35. The summed E-state index contributed by atoms with van der Waals surface area (Å²) in [5, 5.41) is 1.97. The summed E-state index contributed by atoms with van der Waals surface area (Å²) in [6.07, 6.45) is -1.57. The molecule has 2 rings (SSSR count). The summed E-state index contributed by atoms with van der Waals surface area (Å²) >= 11 is 1.15. The first-order valence-electron chi connectivity index (χ1n) is 5.45. The van der Waals surface area contributed by atoms with E-state index in [9.17, 15) is 13.2 Å². The Morgan fingerprint density at radius 2 is 1.88 bits per heavy atom. The second-order valence-electron chi connectivity index (χ2n) is 4.43. The van der Waals surface area contributed by atoms with Gasteiger partial charge >= 0.3 is 6.18 Å². The first-order valence-corrected chi connectivity index (χ1v) is 6.33. The molecule has 1 heterocycles. The molecule has 0 aromatic carbocycles. The number of hydrogen-bond acceptors (Lipinski definition) is 2. The van der Waals surface area contributed by atoms with E-state index in [4.69, 9.17) is 0 Å². The van der Waals surface area contributed by atoms with E-state index in [1.807, 2.05) is 0 Å². The van der Waals surface area contributed by atoms with E-state index in [0.717, 1.165) is 17.8 Å². The largest absolute Gasteiger partial charge is 0.400 e. The molecule has 1 nitrogen and oxygen atoms in total. The molecule has 90 valence electrons. The maximum absolute atomic E-state index is 13.3. The van der Waals surface area contributed by atoms with E-state index in [1.165, 1.54) is 0 Å². The summed E-state index contributed by atoms with van der Waals surface area (Å²) in [7, 11) is 0. The highest BCUT2D eigenvalue weighted by molar-refractivity contribution is 7.09. The molecule has 1 aromatic heterocycles. The first-order chi connectivity index (χ1) is 7.46. The lowest BCUT2D eigenvalue weighted by atomic mass is 9.74. The minimum atomic E-state index is -4.17. The molecule has 0 radical (unpaired) electrons. The maximum Gasteiger partial charge on any atom is 0.400 e. The number of alkyl halides is 3. The van der Waals surface area contributed by atoms with Crippen molar-refractivity contribution in [2.24, 2.45) is 0 Å². The van der Waals surface area contributed by atoms with Crippen molar-refractivity contribution in [2.75, 3.05) is 0 Å². The highest BCUT2D eigenvalue weighted by Crippen LogP contribution is 2.51. The van der Waals surface area contributed by atoms with E-state index < -0.39 is 11.6 Å². The Balaban J connectivity index is 2.41. The summed E-state index contributed by atoms with van der Waals surface area (Å²) in [5.41, 5.74) is -0.973. The van der Waals surface area contributed by atoms with Crippen LogP contribution >= 0.6 is 11.3 Å². The molecule has 0 N–H and O–H groups in total. The fourth-order valence-corrected chi connectivity index (χ4v) is 3.42. The molecule has 1 saturated carbocycles. The Morgan fingerprint density at radius 1 is 1.25 bits per heavy atom. The van der Waals surface area contributed by atoms with Gasteiger partial charge in [0.1, 0.15) is 10.4 Å². The van der Waals surface area contributed by atoms with Crippen LogP contribution in [0, 0.1) is 6.92 Å². The Labute approximate surface area is 96.7 Å². The number of aromatic nitrogens is 1. The van der Waals surface area contributed by atoms with E-state index in [0.29, 0.717) is 18.5 Å². The number of thiazole rings is 1. The molecular weight excluding hydrogens is 235 g/mol. The van der Waals surface area contributed by atoms with Crippen molar-refractivity contribution in [3.8, 4) is 0 Å². The van der Waals surface area contributed by atoms with Gasteiger partial charge in [-0.15, -0.1) is 11.3 Å². The third-order valence-corrected chi connectivity index (χ3v) is 4.44. The van der Waals surface area contributed by atoms with E-state index in [-0.39, 0.29) is 17.8 Å². The van der Waals surface area contributed by atoms with Gasteiger partial charge < -0.3 is 0 Å². The van der Waals surface area contributed by atoms with Crippen molar-refractivity contribution in [1.29, 1.82) is 0 Å². The SMILES string of the molecule is Cc1csc(C2(C(F)(F)F)CCCCC2)n1. The van der Waals surface area contributed by atoms with Crippen LogP contribution in [0.4, 0.5) is 13.2 Å². The second kappa shape index (κ2) is 4.02. The Bertz CT molecular complexity index is 364. The summed E-state index contributed by atoms with van der Waals surface area (Å²) < 4.78 is 39.8. The van der Waals surface area contributed by atoms with Crippen LogP contribution in [-0.2, 0) is 5.41 Å². The molecule has 1 aromatic rings. The Kier molecular flexibility index (Phi) is 2.99. The van der Waals surface area contributed by atoms with Gasteiger partial charge in [0.15, 0.2) is 0 Å². The predicted octanol–water partition coefficient (Wildman–Crippen LogP) is 4.22. The van der Waals surface area contributed by atoms with Gasteiger partial charge in [-0.25, -0.2) is 4.98 Å². The number of halogens is 3. The van der Waals surface area contributed by atoms with Gasteiger partial charge in [-0.3, -0.25) is 0 Å². The van der Waals surface area contributed by atoms with E-state index in [1.54, 1.807) is 12.3 Å².